The molecule has 0 saturated carbocycles. The normalized spacial score (nSPS) is 11.3. The Morgan fingerprint density at radius 1 is 1.25 bits per heavy atom. The van der Waals surface area contributed by atoms with Gasteiger partial charge in [0.25, 0.3) is 5.91 Å². The lowest BCUT2D eigenvalue weighted by Crippen LogP contribution is -2.32. The Morgan fingerprint density at radius 3 is 2.86 bits per heavy atom. The monoisotopic (exact) mass is 455 g/mol. The first kappa shape index (κ1) is 18.8. The number of carbonyl (C=O) groups is 1. The van der Waals surface area contributed by atoms with Crippen LogP contribution in [0.15, 0.2) is 59.5 Å². The Bertz CT molecular complexity index is 1120. The van der Waals surface area contributed by atoms with Crippen molar-refractivity contribution >= 4 is 48.5 Å². The fourth-order valence-electron chi connectivity index (χ4n) is 2.94. The number of hydrogen-bond donors (Lipinski definition) is 0. The van der Waals surface area contributed by atoms with Crippen LogP contribution in [0.2, 0.25) is 0 Å². The Kier molecular flexibility index (Phi) is 5.23. The number of benzene rings is 1. The van der Waals surface area contributed by atoms with Crippen molar-refractivity contribution in [2.45, 2.75) is 26.4 Å². The van der Waals surface area contributed by atoms with E-state index in [2.05, 4.69) is 26.0 Å². The molecule has 1 aromatic carbocycles. The quantitative estimate of drug-likeness (QED) is 0.420. The molecule has 6 nitrogen and oxygen atoms in total. The number of rotatable bonds is 5. The number of thiazole rings is 1. The van der Waals surface area contributed by atoms with Crippen molar-refractivity contribution in [1.82, 2.24) is 19.7 Å². The van der Waals surface area contributed by atoms with Crippen molar-refractivity contribution in [1.29, 1.82) is 0 Å². The zero-order valence-corrected chi connectivity index (χ0v) is 17.8. The van der Waals surface area contributed by atoms with Gasteiger partial charge in [0.1, 0.15) is 5.69 Å². The Labute approximate surface area is 175 Å². The SMILES string of the molecule is CC(C)n1nccc1C(=O)N(Cc1cccnc1)c1nc2ccc(Br)cc2s1. The van der Waals surface area contributed by atoms with Gasteiger partial charge in [-0.1, -0.05) is 33.3 Å². The molecule has 0 unspecified atom stereocenters. The largest absolute Gasteiger partial charge is 0.278 e. The minimum atomic E-state index is -0.131. The molecule has 0 aliphatic heterocycles. The molecular weight excluding hydrogens is 438 g/mol. The van der Waals surface area contributed by atoms with E-state index in [-0.39, 0.29) is 11.9 Å². The zero-order chi connectivity index (χ0) is 19.7. The second-order valence-corrected chi connectivity index (χ2v) is 8.54. The number of fused-ring (bicyclic) bond motifs is 1. The number of anilines is 1. The molecule has 0 saturated heterocycles. The molecule has 0 atom stereocenters. The Morgan fingerprint density at radius 2 is 2.11 bits per heavy atom. The minimum absolute atomic E-state index is 0.0838. The Balaban J connectivity index is 1.78. The summed E-state index contributed by atoms with van der Waals surface area (Å²) in [5.74, 6) is -0.131. The summed E-state index contributed by atoms with van der Waals surface area (Å²) in [6.07, 6.45) is 5.15. The molecular formula is C20H18BrN5OS. The second kappa shape index (κ2) is 7.81. The van der Waals surface area contributed by atoms with Crippen LogP contribution in [0, 0.1) is 0 Å². The maximum absolute atomic E-state index is 13.5. The fourth-order valence-corrected chi connectivity index (χ4v) is 4.45. The van der Waals surface area contributed by atoms with E-state index in [1.54, 1.807) is 34.2 Å². The first-order valence-corrected chi connectivity index (χ1v) is 10.4. The number of amides is 1. The Hall–Kier alpha value is -2.58. The highest BCUT2D eigenvalue weighted by Crippen LogP contribution is 2.32. The van der Waals surface area contributed by atoms with Crippen LogP contribution in [0.25, 0.3) is 10.2 Å². The van der Waals surface area contributed by atoms with Gasteiger partial charge in [0.05, 0.1) is 16.8 Å². The third-order valence-corrected chi connectivity index (χ3v) is 5.79. The van der Waals surface area contributed by atoms with Gasteiger partial charge < -0.3 is 0 Å². The fraction of sp³-hybridized carbons (Fsp3) is 0.200. The van der Waals surface area contributed by atoms with Gasteiger partial charge in [-0.2, -0.15) is 5.10 Å². The molecule has 0 bridgehead atoms. The van der Waals surface area contributed by atoms with Crippen LogP contribution in [0.3, 0.4) is 0 Å². The predicted molar refractivity (Wildman–Crippen MR) is 115 cm³/mol. The van der Waals surface area contributed by atoms with E-state index < -0.39 is 0 Å². The summed E-state index contributed by atoms with van der Waals surface area (Å²) in [7, 11) is 0. The second-order valence-electron chi connectivity index (χ2n) is 6.62. The molecule has 0 aliphatic rings. The smallest absolute Gasteiger partial charge is 0.278 e. The van der Waals surface area contributed by atoms with Crippen LogP contribution in [0.4, 0.5) is 5.13 Å². The number of carbonyl (C=O) groups excluding carboxylic acids is 1. The van der Waals surface area contributed by atoms with Crippen molar-refractivity contribution in [3.63, 3.8) is 0 Å². The highest BCUT2D eigenvalue weighted by molar-refractivity contribution is 9.10. The van der Waals surface area contributed by atoms with E-state index in [4.69, 9.17) is 4.98 Å². The van der Waals surface area contributed by atoms with Crippen LogP contribution in [0.5, 0.6) is 0 Å². The van der Waals surface area contributed by atoms with E-state index >= 15 is 0 Å². The number of halogens is 1. The van der Waals surface area contributed by atoms with Crippen molar-refractivity contribution in [2.24, 2.45) is 0 Å². The number of aromatic nitrogens is 4. The lowest BCUT2D eigenvalue weighted by atomic mass is 10.2. The third-order valence-electron chi connectivity index (χ3n) is 4.26. The summed E-state index contributed by atoms with van der Waals surface area (Å²) in [5.41, 5.74) is 2.34. The minimum Gasteiger partial charge on any atom is -0.278 e. The average molecular weight is 456 g/mol. The molecule has 28 heavy (non-hydrogen) atoms. The molecule has 0 aliphatic carbocycles. The molecule has 0 spiro atoms. The molecule has 3 aromatic heterocycles. The molecule has 4 aromatic rings. The molecule has 8 heteroatoms. The topological polar surface area (TPSA) is 63.9 Å². The molecule has 3 heterocycles. The highest BCUT2D eigenvalue weighted by atomic mass is 79.9. The summed E-state index contributed by atoms with van der Waals surface area (Å²) < 4.78 is 3.74. The van der Waals surface area contributed by atoms with Crippen molar-refractivity contribution in [3.8, 4) is 0 Å². The summed E-state index contributed by atoms with van der Waals surface area (Å²) in [4.78, 5) is 24.1. The van der Waals surface area contributed by atoms with Crippen LogP contribution in [-0.4, -0.2) is 25.7 Å². The predicted octanol–water partition coefficient (Wildman–Crippen LogP) is 5.08. The van der Waals surface area contributed by atoms with Gasteiger partial charge >= 0.3 is 0 Å². The summed E-state index contributed by atoms with van der Waals surface area (Å²) >= 11 is 4.99. The van der Waals surface area contributed by atoms with Gasteiger partial charge in [-0.25, -0.2) is 4.98 Å². The van der Waals surface area contributed by atoms with E-state index in [0.717, 1.165) is 20.3 Å². The van der Waals surface area contributed by atoms with E-state index in [9.17, 15) is 4.79 Å². The standard InChI is InChI=1S/C20H18BrN5OS/c1-13(2)26-17(7-9-23-26)19(27)25(12-14-4-3-8-22-11-14)20-24-16-6-5-15(21)10-18(16)28-20/h3-11,13H,12H2,1-2H3. The highest BCUT2D eigenvalue weighted by Gasteiger charge is 2.25. The van der Waals surface area contributed by atoms with Crippen LogP contribution in [-0.2, 0) is 6.54 Å². The number of hydrogen-bond acceptors (Lipinski definition) is 5. The summed E-state index contributed by atoms with van der Waals surface area (Å²) in [6, 6.07) is 11.6. The van der Waals surface area contributed by atoms with Crippen LogP contribution < -0.4 is 4.90 Å². The molecule has 0 N–H and O–H groups in total. The lowest BCUT2D eigenvalue weighted by Gasteiger charge is -2.21. The molecule has 0 fully saturated rings. The van der Waals surface area contributed by atoms with Gasteiger partial charge in [0.2, 0.25) is 0 Å². The summed E-state index contributed by atoms with van der Waals surface area (Å²) in [5, 5.41) is 4.96. The maximum Gasteiger partial charge on any atom is 0.278 e. The average Bonchev–Trinajstić information content (AvgIpc) is 3.33. The third kappa shape index (κ3) is 3.70. The van der Waals surface area contributed by atoms with Crippen LogP contribution >= 0.6 is 27.3 Å². The maximum atomic E-state index is 13.5. The van der Waals surface area contributed by atoms with Crippen molar-refractivity contribution in [3.05, 3.63) is 70.7 Å². The van der Waals surface area contributed by atoms with Gasteiger partial charge in [-0.05, 0) is 49.7 Å². The van der Waals surface area contributed by atoms with Crippen molar-refractivity contribution in [2.75, 3.05) is 4.90 Å². The van der Waals surface area contributed by atoms with Crippen LogP contribution in [0.1, 0.15) is 35.9 Å². The van der Waals surface area contributed by atoms with Gasteiger partial charge in [0.15, 0.2) is 5.13 Å². The van der Waals surface area contributed by atoms with E-state index in [0.29, 0.717) is 17.4 Å². The van der Waals surface area contributed by atoms with Crippen molar-refractivity contribution < 1.29 is 4.79 Å². The van der Waals surface area contributed by atoms with Gasteiger partial charge in [-0.3, -0.25) is 19.4 Å². The number of nitrogens with zero attached hydrogens (tertiary/aromatic N) is 5. The van der Waals surface area contributed by atoms with E-state index in [1.165, 1.54) is 11.3 Å². The summed E-state index contributed by atoms with van der Waals surface area (Å²) in [6.45, 7) is 4.39. The van der Waals surface area contributed by atoms with Gasteiger partial charge in [0, 0.05) is 29.1 Å². The molecule has 4 rings (SSSR count). The first-order chi connectivity index (χ1) is 13.5. The molecule has 1 amide bonds. The molecule has 0 radical (unpaired) electrons. The lowest BCUT2D eigenvalue weighted by molar-refractivity contribution is 0.0973. The number of pyridine rings is 1. The van der Waals surface area contributed by atoms with Gasteiger partial charge in [-0.15, -0.1) is 0 Å². The molecule has 142 valence electrons. The van der Waals surface area contributed by atoms with E-state index in [1.807, 2.05) is 44.2 Å². The zero-order valence-electron chi connectivity index (χ0n) is 15.4. The first-order valence-electron chi connectivity index (χ1n) is 8.83.